The van der Waals surface area contributed by atoms with Crippen LogP contribution in [0.3, 0.4) is 0 Å². The highest BCUT2D eigenvalue weighted by molar-refractivity contribution is 5.77. The highest BCUT2D eigenvalue weighted by Gasteiger charge is 2.40. The molecule has 1 saturated carbocycles. The smallest absolute Gasteiger partial charge is 0.399 e. The fraction of sp³-hybridized carbons (Fsp3) is 0.500. The third-order valence-corrected chi connectivity index (χ3v) is 3.32. The number of halogens is 3. The van der Waals surface area contributed by atoms with Gasteiger partial charge < -0.3 is 10.6 Å². The summed E-state index contributed by atoms with van der Waals surface area (Å²) in [5.41, 5.74) is 7.11. The largest absolute Gasteiger partial charge is 0.406 e. The summed E-state index contributed by atoms with van der Waals surface area (Å²) in [7, 11) is 0. The highest BCUT2D eigenvalue weighted by atomic mass is 19.4. The van der Waals surface area contributed by atoms with Gasteiger partial charge in [-0.3, -0.25) is 4.79 Å². The first-order valence-corrected chi connectivity index (χ1v) is 6.56. The van der Waals surface area contributed by atoms with Crippen molar-refractivity contribution in [2.24, 2.45) is 0 Å². The quantitative estimate of drug-likeness (QED) is 0.846. The maximum Gasteiger partial charge on any atom is 0.406 e. The Balaban J connectivity index is 1.94. The Bertz CT molecular complexity index is 484. The molecule has 0 aromatic heterocycles. The molecule has 0 unspecified atom stereocenters. The lowest BCUT2D eigenvalue weighted by Crippen LogP contribution is -2.40. The Labute approximate surface area is 115 Å². The van der Waals surface area contributed by atoms with Gasteiger partial charge in [0, 0.05) is 18.2 Å². The molecule has 0 saturated heterocycles. The minimum Gasteiger partial charge on any atom is -0.399 e. The highest BCUT2D eigenvalue weighted by Crippen LogP contribution is 2.31. The SMILES string of the molecule is Nc1ccccc1CCC(=O)N(CC(F)(F)F)C1CC1. The molecule has 0 bridgehead atoms. The van der Waals surface area contributed by atoms with Crippen molar-refractivity contribution in [2.75, 3.05) is 12.3 Å². The van der Waals surface area contributed by atoms with Crippen LogP contribution in [-0.2, 0) is 11.2 Å². The first-order chi connectivity index (χ1) is 9.37. The number of hydrogen-bond donors (Lipinski definition) is 1. The molecular weight excluding hydrogens is 269 g/mol. The molecule has 1 aromatic rings. The number of carbonyl (C=O) groups is 1. The lowest BCUT2D eigenvalue weighted by molar-refractivity contribution is -0.162. The number of aryl methyl sites for hydroxylation is 1. The van der Waals surface area contributed by atoms with Crippen molar-refractivity contribution in [3.8, 4) is 0 Å². The fourth-order valence-electron chi connectivity index (χ4n) is 2.15. The number of hydrogen-bond acceptors (Lipinski definition) is 2. The van der Waals surface area contributed by atoms with E-state index in [2.05, 4.69) is 0 Å². The average molecular weight is 286 g/mol. The van der Waals surface area contributed by atoms with Crippen LogP contribution in [0.1, 0.15) is 24.8 Å². The molecule has 20 heavy (non-hydrogen) atoms. The molecule has 0 atom stereocenters. The standard InChI is InChI=1S/C14H17F3N2O/c15-14(16,17)9-19(11-6-7-11)13(20)8-5-10-3-1-2-4-12(10)18/h1-4,11H,5-9,18H2. The first kappa shape index (κ1) is 14.7. The maximum atomic E-state index is 12.5. The lowest BCUT2D eigenvalue weighted by Gasteiger charge is -2.23. The van der Waals surface area contributed by atoms with Gasteiger partial charge in [-0.2, -0.15) is 13.2 Å². The van der Waals surface area contributed by atoms with Gasteiger partial charge in [-0.15, -0.1) is 0 Å². The van der Waals surface area contributed by atoms with Crippen LogP contribution in [0.5, 0.6) is 0 Å². The fourth-order valence-corrected chi connectivity index (χ4v) is 2.15. The van der Waals surface area contributed by atoms with Crippen molar-refractivity contribution in [3.05, 3.63) is 29.8 Å². The maximum absolute atomic E-state index is 12.5. The van der Waals surface area contributed by atoms with E-state index >= 15 is 0 Å². The summed E-state index contributed by atoms with van der Waals surface area (Å²) in [4.78, 5) is 12.9. The van der Waals surface area contributed by atoms with E-state index in [1.54, 1.807) is 24.3 Å². The molecular formula is C14H17F3N2O. The van der Waals surface area contributed by atoms with Gasteiger partial charge in [0.25, 0.3) is 0 Å². The first-order valence-electron chi connectivity index (χ1n) is 6.56. The van der Waals surface area contributed by atoms with Crippen molar-refractivity contribution >= 4 is 11.6 Å². The third-order valence-electron chi connectivity index (χ3n) is 3.32. The van der Waals surface area contributed by atoms with Crippen LogP contribution in [0.25, 0.3) is 0 Å². The molecule has 2 rings (SSSR count). The zero-order valence-electron chi connectivity index (χ0n) is 11.0. The predicted molar refractivity (Wildman–Crippen MR) is 70.0 cm³/mol. The molecule has 6 heteroatoms. The molecule has 1 amide bonds. The number of alkyl halides is 3. The van der Waals surface area contributed by atoms with E-state index in [1.165, 1.54) is 0 Å². The molecule has 0 heterocycles. The summed E-state index contributed by atoms with van der Waals surface area (Å²) >= 11 is 0. The molecule has 1 aromatic carbocycles. The zero-order valence-corrected chi connectivity index (χ0v) is 11.0. The molecule has 0 spiro atoms. The van der Waals surface area contributed by atoms with Crippen molar-refractivity contribution < 1.29 is 18.0 Å². The number of rotatable bonds is 5. The second-order valence-electron chi connectivity index (χ2n) is 5.07. The van der Waals surface area contributed by atoms with Crippen molar-refractivity contribution in [1.29, 1.82) is 0 Å². The number of para-hydroxylation sites is 1. The number of amides is 1. The second-order valence-corrected chi connectivity index (χ2v) is 5.07. The summed E-state index contributed by atoms with van der Waals surface area (Å²) in [6.07, 6.45) is -2.60. The van der Waals surface area contributed by atoms with Crippen LogP contribution < -0.4 is 5.73 Å². The molecule has 1 aliphatic rings. The Morgan fingerprint density at radius 2 is 1.95 bits per heavy atom. The average Bonchev–Trinajstić information content (AvgIpc) is 3.18. The van der Waals surface area contributed by atoms with Gasteiger partial charge in [-0.1, -0.05) is 18.2 Å². The topological polar surface area (TPSA) is 46.3 Å². The van der Waals surface area contributed by atoms with Gasteiger partial charge >= 0.3 is 6.18 Å². The van der Waals surface area contributed by atoms with Gasteiger partial charge in [0.2, 0.25) is 5.91 Å². The van der Waals surface area contributed by atoms with E-state index < -0.39 is 18.6 Å². The number of nitrogen functional groups attached to an aromatic ring is 1. The van der Waals surface area contributed by atoms with E-state index in [0.29, 0.717) is 24.9 Å². The van der Waals surface area contributed by atoms with E-state index in [4.69, 9.17) is 5.73 Å². The number of nitrogens with two attached hydrogens (primary N) is 1. The van der Waals surface area contributed by atoms with Gasteiger partial charge in [0.1, 0.15) is 6.54 Å². The van der Waals surface area contributed by atoms with E-state index in [1.807, 2.05) is 0 Å². The third kappa shape index (κ3) is 4.15. The lowest BCUT2D eigenvalue weighted by atomic mass is 10.1. The molecule has 110 valence electrons. The number of anilines is 1. The Morgan fingerprint density at radius 1 is 1.30 bits per heavy atom. The van der Waals surface area contributed by atoms with E-state index in [0.717, 1.165) is 10.5 Å². The number of nitrogens with zero attached hydrogens (tertiary/aromatic N) is 1. The summed E-state index contributed by atoms with van der Waals surface area (Å²) < 4.78 is 37.4. The van der Waals surface area contributed by atoms with Crippen LogP contribution in [0.2, 0.25) is 0 Å². The Kier molecular flexibility index (Phi) is 4.20. The normalized spacial score (nSPS) is 15.2. The van der Waals surface area contributed by atoms with E-state index in [-0.39, 0.29) is 12.5 Å². The van der Waals surface area contributed by atoms with Crippen molar-refractivity contribution in [2.45, 2.75) is 37.9 Å². The Hall–Kier alpha value is -1.72. The monoisotopic (exact) mass is 286 g/mol. The van der Waals surface area contributed by atoms with Gasteiger partial charge in [-0.25, -0.2) is 0 Å². The van der Waals surface area contributed by atoms with Crippen LogP contribution >= 0.6 is 0 Å². The van der Waals surface area contributed by atoms with Gasteiger partial charge in [0.15, 0.2) is 0 Å². The Morgan fingerprint density at radius 3 is 2.50 bits per heavy atom. The molecule has 3 nitrogen and oxygen atoms in total. The van der Waals surface area contributed by atoms with Gasteiger partial charge in [0.05, 0.1) is 0 Å². The predicted octanol–water partition coefficient (Wildman–Crippen LogP) is 2.75. The molecule has 1 fully saturated rings. The summed E-state index contributed by atoms with van der Waals surface area (Å²) in [6, 6.07) is 6.84. The number of benzene rings is 1. The van der Waals surface area contributed by atoms with Crippen LogP contribution in [-0.4, -0.2) is 29.6 Å². The summed E-state index contributed by atoms with van der Waals surface area (Å²) in [5, 5.41) is 0. The minimum absolute atomic E-state index is 0.0563. The number of carbonyl (C=O) groups excluding carboxylic acids is 1. The van der Waals surface area contributed by atoms with Crippen molar-refractivity contribution in [1.82, 2.24) is 4.90 Å². The zero-order chi connectivity index (χ0) is 14.8. The molecule has 0 aliphatic heterocycles. The van der Waals surface area contributed by atoms with Crippen molar-refractivity contribution in [3.63, 3.8) is 0 Å². The van der Waals surface area contributed by atoms with E-state index in [9.17, 15) is 18.0 Å². The summed E-state index contributed by atoms with van der Waals surface area (Å²) in [5.74, 6) is -0.451. The minimum atomic E-state index is -4.34. The second kappa shape index (κ2) is 5.73. The van der Waals surface area contributed by atoms with Crippen LogP contribution in [0.15, 0.2) is 24.3 Å². The van der Waals surface area contributed by atoms with Gasteiger partial charge in [-0.05, 0) is 30.9 Å². The molecule has 1 aliphatic carbocycles. The molecule has 0 radical (unpaired) electrons. The molecule has 2 N–H and O–H groups in total. The van der Waals surface area contributed by atoms with Crippen LogP contribution in [0, 0.1) is 0 Å². The summed E-state index contributed by atoms with van der Waals surface area (Å²) in [6.45, 7) is -1.15. The van der Waals surface area contributed by atoms with Crippen LogP contribution in [0.4, 0.5) is 18.9 Å².